The molecule has 2 rings (SSSR count). The van der Waals surface area contributed by atoms with Crippen molar-refractivity contribution in [1.29, 1.82) is 0 Å². The minimum absolute atomic E-state index is 0.253. The Morgan fingerprint density at radius 3 is 2.75 bits per heavy atom. The molecule has 2 fully saturated rings. The Bertz CT molecular complexity index is 306. The summed E-state index contributed by atoms with van der Waals surface area (Å²) in [6, 6.07) is -0.396. The number of carbonyl (C=O) groups excluding carboxylic acids is 1. The highest BCUT2D eigenvalue weighted by Crippen LogP contribution is 2.42. The van der Waals surface area contributed by atoms with E-state index in [0.29, 0.717) is 12.5 Å². The van der Waals surface area contributed by atoms with Gasteiger partial charge in [-0.2, -0.15) is 0 Å². The summed E-state index contributed by atoms with van der Waals surface area (Å²) in [7, 11) is 0. The first-order valence-electron chi connectivity index (χ1n) is 5.84. The fourth-order valence-electron chi connectivity index (χ4n) is 3.22. The van der Waals surface area contributed by atoms with Gasteiger partial charge in [-0.1, -0.05) is 6.42 Å². The Hall–Kier alpha value is -1.10. The maximum absolute atomic E-state index is 11.2. The summed E-state index contributed by atoms with van der Waals surface area (Å²) in [5.41, 5.74) is 5.09. The number of carbonyl (C=O) groups is 2. The summed E-state index contributed by atoms with van der Waals surface area (Å²) in [4.78, 5) is 23.9. The molecule has 0 bridgehead atoms. The maximum Gasteiger partial charge on any atom is 0.321 e. The minimum atomic E-state index is -0.751. The lowest BCUT2D eigenvalue weighted by Gasteiger charge is -2.23. The molecule has 1 aliphatic heterocycles. The number of nitrogens with zero attached hydrogens (tertiary/aromatic N) is 1. The van der Waals surface area contributed by atoms with Crippen LogP contribution in [0, 0.1) is 11.8 Å². The summed E-state index contributed by atoms with van der Waals surface area (Å²) in [5, 5.41) is 9.24. The first-order valence-corrected chi connectivity index (χ1v) is 5.84. The Balaban J connectivity index is 2.02. The highest BCUT2D eigenvalue weighted by molar-refractivity contribution is 5.75. The number of nitrogens with two attached hydrogens (primary N) is 1. The number of carboxylic acids is 1. The van der Waals surface area contributed by atoms with E-state index in [0.717, 1.165) is 25.8 Å². The molecule has 0 radical (unpaired) electrons. The molecule has 0 aromatic carbocycles. The van der Waals surface area contributed by atoms with Crippen molar-refractivity contribution in [3.8, 4) is 0 Å². The standard InChI is InChI=1S/C11H18N2O3/c12-9(14)4-5-13-6-7-2-1-3-8(7)10(13)11(15)16/h7-8,10H,1-6H2,(H2,12,14)(H,15,16). The summed E-state index contributed by atoms with van der Waals surface area (Å²) in [6.45, 7) is 1.30. The third-order valence-electron chi connectivity index (χ3n) is 3.88. The molecule has 1 amide bonds. The van der Waals surface area contributed by atoms with E-state index < -0.39 is 12.0 Å². The van der Waals surface area contributed by atoms with Crippen LogP contribution in [-0.4, -0.2) is 41.0 Å². The van der Waals surface area contributed by atoms with Crippen LogP contribution in [0.5, 0.6) is 0 Å². The van der Waals surface area contributed by atoms with Gasteiger partial charge in [0.1, 0.15) is 6.04 Å². The predicted molar refractivity (Wildman–Crippen MR) is 57.6 cm³/mol. The normalized spacial score (nSPS) is 33.9. The molecule has 0 aromatic rings. The maximum atomic E-state index is 11.2. The van der Waals surface area contributed by atoms with Crippen LogP contribution in [-0.2, 0) is 9.59 Å². The quantitative estimate of drug-likeness (QED) is 0.709. The molecule has 90 valence electrons. The van der Waals surface area contributed by atoms with Crippen LogP contribution < -0.4 is 5.73 Å². The molecule has 5 nitrogen and oxygen atoms in total. The Morgan fingerprint density at radius 2 is 2.12 bits per heavy atom. The lowest BCUT2D eigenvalue weighted by molar-refractivity contribution is -0.143. The average molecular weight is 226 g/mol. The van der Waals surface area contributed by atoms with E-state index in [1.807, 2.05) is 4.90 Å². The fraction of sp³-hybridized carbons (Fsp3) is 0.818. The van der Waals surface area contributed by atoms with Crippen molar-refractivity contribution in [2.45, 2.75) is 31.7 Å². The highest BCUT2D eigenvalue weighted by Gasteiger charge is 2.47. The second-order valence-corrected chi connectivity index (χ2v) is 4.85. The largest absolute Gasteiger partial charge is 0.480 e. The van der Waals surface area contributed by atoms with E-state index in [4.69, 9.17) is 5.73 Å². The van der Waals surface area contributed by atoms with Gasteiger partial charge in [0.2, 0.25) is 5.91 Å². The van der Waals surface area contributed by atoms with Crippen molar-refractivity contribution < 1.29 is 14.7 Å². The second-order valence-electron chi connectivity index (χ2n) is 4.85. The zero-order valence-corrected chi connectivity index (χ0v) is 9.26. The molecule has 1 aliphatic carbocycles. The van der Waals surface area contributed by atoms with Crippen LogP contribution in [0.25, 0.3) is 0 Å². The first kappa shape index (κ1) is 11.4. The van der Waals surface area contributed by atoms with Gasteiger partial charge < -0.3 is 10.8 Å². The zero-order chi connectivity index (χ0) is 11.7. The number of fused-ring (bicyclic) bond motifs is 1. The van der Waals surface area contributed by atoms with Gasteiger partial charge in [0.25, 0.3) is 0 Å². The van der Waals surface area contributed by atoms with Crippen molar-refractivity contribution in [3.63, 3.8) is 0 Å². The third-order valence-corrected chi connectivity index (χ3v) is 3.88. The summed E-state index contributed by atoms with van der Waals surface area (Å²) in [5.74, 6) is -0.320. The Morgan fingerprint density at radius 1 is 1.38 bits per heavy atom. The van der Waals surface area contributed by atoms with E-state index in [-0.39, 0.29) is 18.2 Å². The van der Waals surface area contributed by atoms with Gasteiger partial charge >= 0.3 is 5.97 Å². The number of hydrogen-bond donors (Lipinski definition) is 2. The van der Waals surface area contributed by atoms with Crippen LogP contribution in [0.3, 0.4) is 0 Å². The van der Waals surface area contributed by atoms with Gasteiger partial charge in [0.15, 0.2) is 0 Å². The molecule has 1 heterocycles. The van der Waals surface area contributed by atoms with E-state index in [9.17, 15) is 14.7 Å². The summed E-state index contributed by atoms with van der Waals surface area (Å²) < 4.78 is 0. The van der Waals surface area contributed by atoms with E-state index in [1.54, 1.807) is 0 Å². The average Bonchev–Trinajstić information content (AvgIpc) is 2.71. The molecule has 5 heteroatoms. The third kappa shape index (κ3) is 2.04. The monoisotopic (exact) mass is 226 g/mol. The fourth-order valence-corrected chi connectivity index (χ4v) is 3.22. The molecule has 0 aromatic heterocycles. The van der Waals surface area contributed by atoms with Gasteiger partial charge in [-0.05, 0) is 24.7 Å². The molecule has 3 atom stereocenters. The number of carboxylic acid groups (broad SMARTS) is 1. The van der Waals surface area contributed by atoms with E-state index >= 15 is 0 Å². The molecule has 0 spiro atoms. The van der Waals surface area contributed by atoms with Crippen molar-refractivity contribution in [1.82, 2.24) is 4.90 Å². The topological polar surface area (TPSA) is 83.6 Å². The van der Waals surface area contributed by atoms with Gasteiger partial charge in [-0.15, -0.1) is 0 Å². The zero-order valence-electron chi connectivity index (χ0n) is 9.26. The van der Waals surface area contributed by atoms with Crippen LogP contribution in [0.2, 0.25) is 0 Å². The highest BCUT2D eigenvalue weighted by atomic mass is 16.4. The van der Waals surface area contributed by atoms with Crippen molar-refractivity contribution in [2.75, 3.05) is 13.1 Å². The second kappa shape index (κ2) is 4.41. The minimum Gasteiger partial charge on any atom is -0.480 e. The molecule has 2 aliphatic rings. The van der Waals surface area contributed by atoms with Crippen LogP contribution in [0.15, 0.2) is 0 Å². The van der Waals surface area contributed by atoms with Gasteiger partial charge in [0.05, 0.1) is 0 Å². The molecule has 16 heavy (non-hydrogen) atoms. The molecule has 1 saturated carbocycles. The summed E-state index contributed by atoms with van der Waals surface area (Å²) >= 11 is 0. The smallest absolute Gasteiger partial charge is 0.321 e. The lowest BCUT2D eigenvalue weighted by Crippen LogP contribution is -2.41. The van der Waals surface area contributed by atoms with Crippen molar-refractivity contribution >= 4 is 11.9 Å². The van der Waals surface area contributed by atoms with Gasteiger partial charge in [-0.3, -0.25) is 14.5 Å². The summed E-state index contributed by atoms with van der Waals surface area (Å²) in [6.07, 6.45) is 3.53. The number of likely N-dealkylation sites (tertiary alicyclic amines) is 1. The van der Waals surface area contributed by atoms with Crippen molar-refractivity contribution in [2.24, 2.45) is 17.6 Å². The number of primary amides is 1. The molecular weight excluding hydrogens is 208 g/mol. The molecule has 3 N–H and O–H groups in total. The molecule has 3 unspecified atom stereocenters. The SMILES string of the molecule is NC(=O)CCN1CC2CCCC2C1C(=O)O. The predicted octanol–water partition coefficient (Wildman–Crippen LogP) is 0.0469. The Kier molecular flexibility index (Phi) is 3.14. The lowest BCUT2D eigenvalue weighted by atomic mass is 9.94. The van der Waals surface area contributed by atoms with Crippen LogP contribution >= 0.6 is 0 Å². The van der Waals surface area contributed by atoms with E-state index in [2.05, 4.69) is 0 Å². The van der Waals surface area contributed by atoms with Gasteiger partial charge in [0, 0.05) is 19.5 Å². The first-order chi connectivity index (χ1) is 7.59. The van der Waals surface area contributed by atoms with E-state index in [1.165, 1.54) is 0 Å². The Labute approximate surface area is 94.6 Å². The van der Waals surface area contributed by atoms with Crippen molar-refractivity contribution in [3.05, 3.63) is 0 Å². The number of aliphatic carboxylic acids is 1. The molecular formula is C11H18N2O3. The number of hydrogen-bond acceptors (Lipinski definition) is 3. The van der Waals surface area contributed by atoms with Gasteiger partial charge in [-0.25, -0.2) is 0 Å². The number of amides is 1. The number of rotatable bonds is 4. The molecule has 1 saturated heterocycles. The van der Waals surface area contributed by atoms with Crippen LogP contribution in [0.1, 0.15) is 25.7 Å². The van der Waals surface area contributed by atoms with Crippen LogP contribution in [0.4, 0.5) is 0 Å².